The van der Waals surface area contributed by atoms with E-state index in [1.807, 2.05) is 0 Å². The molecule has 2 rings (SSSR count). The lowest BCUT2D eigenvalue weighted by Gasteiger charge is -2.30. The van der Waals surface area contributed by atoms with E-state index in [4.69, 9.17) is 22.9 Å². The Balaban J connectivity index is 2.58. The number of rotatable bonds is 12. The van der Waals surface area contributed by atoms with Crippen molar-refractivity contribution in [2.45, 2.75) is 127 Å². The smallest absolute Gasteiger partial charge is 0.246 e. The van der Waals surface area contributed by atoms with E-state index in [0.29, 0.717) is 25.8 Å². The van der Waals surface area contributed by atoms with Gasteiger partial charge in [0.25, 0.3) is 0 Å². The van der Waals surface area contributed by atoms with Gasteiger partial charge in [-0.25, -0.2) is 0 Å². The Kier molecular flexibility index (Phi) is 17.9. The summed E-state index contributed by atoms with van der Waals surface area (Å²) in [5.74, 6) is -7.72. The van der Waals surface area contributed by atoms with Gasteiger partial charge in [-0.05, 0) is 65.8 Å². The van der Waals surface area contributed by atoms with E-state index >= 15 is 0 Å². The first-order chi connectivity index (χ1) is 25.4. The van der Waals surface area contributed by atoms with E-state index in [1.54, 1.807) is 0 Å². The lowest BCUT2D eigenvalue weighted by molar-refractivity contribution is -0.143. The molecular formula is C33H55N11O10. The van der Waals surface area contributed by atoms with Gasteiger partial charge in [0.2, 0.25) is 53.2 Å². The molecule has 0 spiro atoms. The molecule has 2 heterocycles. The highest BCUT2D eigenvalue weighted by Gasteiger charge is 2.40. The van der Waals surface area contributed by atoms with Crippen molar-refractivity contribution in [1.29, 1.82) is 0 Å². The molecule has 21 nitrogen and oxygen atoms in total. The first-order valence-electron chi connectivity index (χ1n) is 17.9. The van der Waals surface area contributed by atoms with Crippen LogP contribution in [0.25, 0.3) is 0 Å². The van der Waals surface area contributed by atoms with E-state index in [9.17, 15) is 48.3 Å². The van der Waals surface area contributed by atoms with Crippen molar-refractivity contribution in [3.63, 3.8) is 0 Å². The first kappa shape index (κ1) is 45.0. The van der Waals surface area contributed by atoms with Crippen molar-refractivity contribution in [2.75, 3.05) is 13.1 Å². The van der Waals surface area contributed by atoms with Crippen molar-refractivity contribution in [1.82, 2.24) is 36.8 Å². The maximum atomic E-state index is 13.8. The summed E-state index contributed by atoms with van der Waals surface area (Å²) in [4.78, 5) is 119. The van der Waals surface area contributed by atoms with Crippen LogP contribution in [0, 0.1) is 0 Å². The minimum absolute atomic E-state index is 0.0699. The Morgan fingerprint density at radius 3 is 2.20 bits per heavy atom. The second-order valence-corrected chi connectivity index (χ2v) is 13.5. The molecule has 2 aliphatic rings. The zero-order valence-electron chi connectivity index (χ0n) is 30.8. The molecule has 54 heavy (non-hydrogen) atoms. The van der Waals surface area contributed by atoms with E-state index in [1.165, 1.54) is 32.9 Å². The summed E-state index contributed by atoms with van der Waals surface area (Å²) in [7, 11) is 0. The molecule has 0 bridgehead atoms. The highest BCUT2D eigenvalue weighted by atomic mass is 16.3. The molecule has 0 saturated carbocycles. The zero-order valence-corrected chi connectivity index (χ0v) is 30.8. The van der Waals surface area contributed by atoms with Crippen LogP contribution in [0.3, 0.4) is 0 Å². The fourth-order valence-corrected chi connectivity index (χ4v) is 5.73. The minimum Gasteiger partial charge on any atom is -0.391 e. The number of amides is 9. The average molecular weight is 766 g/mol. The number of aliphatic hydroxyl groups excluding tert-OH is 1. The van der Waals surface area contributed by atoms with E-state index in [2.05, 4.69) is 31.9 Å². The lowest BCUT2D eigenvalue weighted by atomic mass is 10.0. The number of nitrogens with two attached hydrogens (primary N) is 4. The maximum Gasteiger partial charge on any atom is 0.246 e. The third-order valence-corrected chi connectivity index (χ3v) is 8.94. The minimum atomic E-state index is -1.62. The van der Waals surface area contributed by atoms with Crippen LogP contribution in [-0.4, -0.2) is 131 Å². The van der Waals surface area contributed by atoms with Crippen LogP contribution in [0.5, 0.6) is 0 Å². The summed E-state index contributed by atoms with van der Waals surface area (Å²) in [5, 5.41) is 25.1. The summed E-state index contributed by atoms with van der Waals surface area (Å²) >= 11 is 0. The zero-order chi connectivity index (χ0) is 40.7. The number of primary amides is 2. The Labute approximate surface area is 312 Å². The third-order valence-electron chi connectivity index (χ3n) is 8.94. The monoisotopic (exact) mass is 765 g/mol. The van der Waals surface area contributed by atoms with Gasteiger partial charge in [-0.2, -0.15) is 0 Å². The third kappa shape index (κ3) is 13.7. The van der Waals surface area contributed by atoms with Gasteiger partial charge in [0.15, 0.2) is 0 Å². The quantitative estimate of drug-likeness (QED) is 0.0655. The van der Waals surface area contributed by atoms with Crippen LogP contribution in [0.2, 0.25) is 0 Å². The fourth-order valence-electron chi connectivity index (χ4n) is 5.73. The van der Waals surface area contributed by atoms with Crippen LogP contribution >= 0.6 is 0 Å². The van der Waals surface area contributed by atoms with Gasteiger partial charge in [-0.1, -0.05) is 18.6 Å². The number of hydrogen-bond acceptors (Lipinski definition) is 12. The Bertz CT molecular complexity index is 1440. The molecule has 15 N–H and O–H groups in total. The van der Waals surface area contributed by atoms with Gasteiger partial charge in [0.1, 0.15) is 42.3 Å². The maximum absolute atomic E-state index is 13.8. The highest BCUT2D eigenvalue weighted by molar-refractivity contribution is 5.99. The first-order valence-corrected chi connectivity index (χ1v) is 17.9. The number of fused-ring (bicyclic) bond motifs is 1. The Hall–Kier alpha value is -5.15. The van der Waals surface area contributed by atoms with Gasteiger partial charge in [0, 0.05) is 6.54 Å². The topological polar surface area (TPSA) is 353 Å². The molecule has 9 atom stereocenters. The predicted octanol–water partition coefficient (Wildman–Crippen LogP) is -5.53. The fraction of sp³-hybridized carbons (Fsp3) is 0.667. The summed E-state index contributed by atoms with van der Waals surface area (Å²) in [6.45, 7) is 4.28. The second kappa shape index (κ2) is 21.5. The largest absolute Gasteiger partial charge is 0.391 e. The van der Waals surface area contributed by atoms with E-state index in [-0.39, 0.29) is 32.2 Å². The van der Waals surface area contributed by atoms with Gasteiger partial charge >= 0.3 is 0 Å². The SMILES string of the molecule is C[C@H](NC(=O)[C@@H]1C/C=C\C[C@H](NC(=O)[C@@H](N)CCCCN)C(=O)N[C@@H](CC(N)=O)C(=O)N2CCC[C@H]2C(=O)N[C@@H](C)C(=O)N[C@@H]([C@@H](C)O)C(=O)N1)C(N)=O. The number of hydrogen-bond donors (Lipinski definition) is 11. The van der Waals surface area contributed by atoms with Crippen LogP contribution in [0.4, 0.5) is 0 Å². The molecule has 1 fully saturated rings. The van der Waals surface area contributed by atoms with Crippen LogP contribution in [-0.2, 0) is 43.2 Å². The lowest BCUT2D eigenvalue weighted by Crippen LogP contribution is -2.61. The standard InChI is InChI=1S/C33H55N11O10/c1-16(26(37)47)38-29(50)20-10-4-5-11-21(40-28(49)19(35)9-6-7-13-34)30(51)42-22(15-24(36)46)33(54)44-14-8-12-23(44)31(52)39-17(2)27(48)43-25(18(3)45)32(53)41-20/h4-5,16-23,25,45H,6-15,34-35H2,1-3H3,(H2,36,46)(H2,37,47)(H,38,50)(H,39,52)(H,40,49)(H,41,53)(H,42,51)(H,43,48)/b5-4-/t16-,17-,18+,19-,20-,21-,22-,23-,25-/m0/s1. The number of carbonyl (C=O) groups is 9. The number of carbonyl (C=O) groups excluding carboxylic acids is 9. The molecule has 0 aromatic carbocycles. The van der Waals surface area contributed by atoms with Crippen molar-refractivity contribution in [2.24, 2.45) is 22.9 Å². The van der Waals surface area contributed by atoms with Crippen molar-refractivity contribution >= 4 is 53.2 Å². The molecule has 0 unspecified atom stereocenters. The summed E-state index contributed by atoms with van der Waals surface area (Å²) in [5.41, 5.74) is 22.3. The number of nitrogens with zero attached hydrogens (tertiary/aromatic N) is 1. The summed E-state index contributed by atoms with van der Waals surface area (Å²) in [6, 6.07) is -10.5. The van der Waals surface area contributed by atoms with Crippen LogP contribution in [0.1, 0.15) is 72.1 Å². The van der Waals surface area contributed by atoms with Gasteiger partial charge < -0.3 is 64.8 Å². The molecule has 21 heteroatoms. The number of unbranched alkanes of at least 4 members (excludes halogenated alkanes) is 1. The Morgan fingerprint density at radius 1 is 0.926 bits per heavy atom. The average Bonchev–Trinajstić information content (AvgIpc) is 3.59. The molecule has 9 amide bonds. The molecule has 0 radical (unpaired) electrons. The van der Waals surface area contributed by atoms with Crippen LogP contribution in [0.15, 0.2) is 12.2 Å². The van der Waals surface area contributed by atoms with E-state index in [0.717, 1.165) is 4.90 Å². The highest BCUT2D eigenvalue weighted by Crippen LogP contribution is 2.20. The second-order valence-electron chi connectivity index (χ2n) is 13.5. The molecule has 1 saturated heterocycles. The van der Waals surface area contributed by atoms with E-state index < -0.39 is 114 Å². The van der Waals surface area contributed by atoms with Gasteiger partial charge in [-0.3, -0.25) is 43.2 Å². The molecule has 0 aromatic heterocycles. The number of nitrogens with one attached hydrogen (secondary N) is 6. The van der Waals surface area contributed by atoms with Crippen LogP contribution < -0.4 is 54.8 Å². The normalized spacial score (nSPS) is 27.1. The van der Waals surface area contributed by atoms with Gasteiger partial charge in [-0.15, -0.1) is 0 Å². The number of aliphatic hydroxyl groups is 1. The summed E-state index contributed by atoms with van der Waals surface area (Å²) in [6.07, 6.45) is 2.05. The van der Waals surface area contributed by atoms with Crippen molar-refractivity contribution < 1.29 is 48.3 Å². The summed E-state index contributed by atoms with van der Waals surface area (Å²) < 4.78 is 0. The molecular weight excluding hydrogens is 710 g/mol. The predicted molar refractivity (Wildman–Crippen MR) is 192 cm³/mol. The van der Waals surface area contributed by atoms with Crippen molar-refractivity contribution in [3.8, 4) is 0 Å². The molecule has 302 valence electrons. The molecule has 0 aliphatic carbocycles. The Morgan fingerprint density at radius 2 is 1.59 bits per heavy atom. The van der Waals surface area contributed by atoms with Crippen molar-refractivity contribution in [3.05, 3.63) is 12.2 Å². The van der Waals surface area contributed by atoms with Gasteiger partial charge in [0.05, 0.1) is 18.6 Å². The molecule has 0 aromatic rings. The molecule has 2 aliphatic heterocycles.